The topological polar surface area (TPSA) is 142 Å². The molecule has 1 aliphatic rings. The van der Waals surface area contributed by atoms with Crippen molar-refractivity contribution in [2.75, 3.05) is 6.61 Å². The molecule has 1 aliphatic heterocycles. The van der Waals surface area contributed by atoms with Crippen LogP contribution in [0.25, 0.3) is 16.7 Å². The van der Waals surface area contributed by atoms with Gasteiger partial charge in [-0.25, -0.2) is 4.98 Å². The molecule has 2 aromatic carbocycles. The highest BCUT2D eigenvalue weighted by atomic mass is 16.7. The Bertz CT molecular complexity index is 1260. The molecule has 178 valence electrons. The van der Waals surface area contributed by atoms with Crippen LogP contribution in [0.1, 0.15) is 5.56 Å². The predicted octanol–water partition coefficient (Wildman–Crippen LogP) is 0.374. The molecule has 1 saturated heterocycles. The van der Waals surface area contributed by atoms with Gasteiger partial charge >= 0.3 is 0 Å². The minimum absolute atomic E-state index is 0.123. The average molecular weight is 467 g/mol. The number of para-hydroxylation sites is 1. The normalized spacial score (nSPS) is 27.2. The van der Waals surface area contributed by atoms with Crippen LogP contribution in [0.5, 0.6) is 5.75 Å². The van der Waals surface area contributed by atoms with Gasteiger partial charge in [-0.1, -0.05) is 18.2 Å². The van der Waals surface area contributed by atoms with Crippen LogP contribution >= 0.6 is 0 Å². The highest BCUT2D eigenvalue weighted by Crippen LogP contribution is 2.35. The van der Waals surface area contributed by atoms with E-state index in [4.69, 9.17) is 9.47 Å². The summed E-state index contributed by atoms with van der Waals surface area (Å²) in [4.78, 5) is 4.39. The summed E-state index contributed by atoms with van der Waals surface area (Å²) in [6.45, 7) is -0.213. The van der Waals surface area contributed by atoms with E-state index in [1.54, 1.807) is 24.5 Å². The molecular weight excluding hydrogens is 442 g/mol. The molecule has 0 aliphatic carbocycles. The van der Waals surface area contributed by atoms with Crippen molar-refractivity contribution in [1.82, 2.24) is 14.1 Å². The molecule has 0 saturated carbocycles. The van der Waals surface area contributed by atoms with E-state index >= 15 is 0 Å². The Morgan fingerprint density at radius 2 is 1.74 bits per heavy atom. The maximum absolute atomic E-state index is 10.9. The third-order valence-corrected chi connectivity index (χ3v) is 6.03. The van der Waals surface area contributed by atoms with Crippen LogP contribution in [0.15, 0.2) is 73.3 Å². The van der Waals surface area contributed by atoms with E-state index in [9.17, 15) is 25.5 Å². The van der Waals surface area contributed by atoms with Gasteiger partial charge in [0.05, 0.1) is 18.5 Å². The Balaban J connectivity index is 1.44. The summed E-state index contributed by atoms with van der Waals surface area (Å²) in [6.07, 6.45) is -1.36. The van der Waals surface area contributed by atoms with Gasteiger partial charge in [0.15, 0.2) is 6.10 Å². The number of aliphatic hydroxyl groups excluding tert-OH is 4. The Hall–Kier alpha value is -3.25. The number of aromatic nitrogens is 3. The number of imidazole rings is 1. The first-order valence-corrected chi connectivity index (χ1v) is 10.8. The SMILES string of the molecule is OC[C@@H]1O[C@@H](O)[C@](O)(Oc2cccc3ncn(Cc4ccc(-n5cccc5)cc4)c23)[C@H](O)[C@H]1O. The lowest BCUT2D eigenvalue weighted by Crippen LogP contribution is -2.69. The average Bonchev–Trinajstić information content (AvgIpc) is 3.52. The van der Waals surface area contributed by atoms with Gasteiger partial charge in [0, 0.05) is 24.6 Å². The third kappa shape index (κ3) is 3.86. The molecule has 0 spiro atoms. The molecule has 0 unspecified atom stereocenters. The van der Waals surface area contributed by atoms with Crippen LogP contribution in [0.2, 0.25) is 0 Å². The zero-order valence-electron chi connectivity index (χ0n) is 18.0. The molecule has 0 radical (unpaired) electrons. The summed E-state index contributed by atoms with van der Waals surface area (Å²) in [7, 11) is 0. The minimum atomic E-state index is -2.67. The van der Waals surface area contributed by atoms with Gasteiger partial charge in [-0.15, -0.1) is 0 Å². The lowest BCUT2D eigenvalue weighted by atomic mass is 9.96. The molecule has 2 aromatic heterocycles. The third-order valence-electron chi connectivity index (χ3n) is 6.03. The van der Waals surface area contributed by atoms with Crippen molar-refractivity contribution in [2.24, 2.45) is 0 Å². The second-order valence-electron chi connectivity index (χ2n) is 8.25. The second-order valence-corrected chi connectivity index (χ2v) is 8.25. The lowest BCUT2D eigenvalue weighted by Gasteiger charge is -2.45. The number of hydrogen-bond acceptors (Lipinski definition) is 8. The van der Waals surface area contributed by atoms with Crippen molar-refractivity contribution in [3.8, 4) is 11.4 Å². The van der Waals surface area contributed by atoms with Crippen LogP contribution in [-0.2, 0) is 11.3 Å². The van der Waals surface area contributed by atoms with Crippen molar-refractivity contribution in [2.45, 2.75) is 36.9 Å². The largest absolute Gasteiger partial charge is 0.452 e. The van der Waals surface area contributed by atoms with Crippen LogP contribution < -0.4 is 4.74 Å². The highest BCUT2D eigenvalue weighted by Gasteiger charge is 2.57. The van der Waals surface area contributed by atoms with E-state index in [2.05, 4.69) is 4.98 Å². The van der Waals surface area contributed by atoms with Gasteiger partial charge in [0.25, 0.3) is 5.79 Å². The highest BCUT2D eigenvalue weighted by molar-refractivity contribution is 5.82. The predicted molar refractivity (Wildman–Crippen MR) is 120 cm³/mol. The number of fused-ring (bicyclic) bond motifs is 1. The summed E-state index contributed by atoms with van der Waals surface area (Å²) >= 11 is 0. The molecule has 34 heavy (non-hydrogen) atoms. The van der Waals surface area contributed by atoms with Crippen molar-refractivity contribution in [3.63, 3.8) is 0 Å². The molecule has 4 aromatic rings. The van der Waals surface area contributed by atoms with Crippen LogP contribution in [0, 0.1) is 0 Å². The summed E-state index contributed by atoms with van der Waals surface area (Å²) in [6, 6.07) is 16.9. The van der Waals surface area contributed by atoms with Gasteiger partial charge in [0.1, 0.15) is 23.5 Å². The van der Waals surface area contributed by atoms with Crippen molar-refractivity contribution >= 4 is 11.0 Å². The monoisotopic (exact) mass is 467 g/mol. The van der Waals surface area contributed by atoms with Gasteiger partial charge in [-0.3, -0.25) is 0 Å². The molecule has 10 nitrogen and oxygen atoms in total. The minimum Gasteiger partial charge on any atom is -0.452 e. The van der Waals surface area contributed by atoms with E-state index in [1.165, 1.54) is 0 Å². The van der Waals surface area contributed by atoms with E-state index in [0.717, 1.165) is 11.3 Å². The summed E-state index contributed by atoms with van der Waals surface area (Å²) in [5.74, 6) is -2.55. The molecule has 5 rings (SSSR count). The van der Waals surface area contributed by atoms with Crippen LogP contribution in [-0.4, -0.2) is 76.6 Å². The van der Waals surface area contributed by atoms with Gasteiger partial charge in [-0.05, 0) is 42.0 Å². The van der Waals surface area contributed by atoms with E-state index in [-0.39, 0.29) is 5.75 Å². The molecule has 0 amide bonds. The molecular formula is C24H25N3O7. The molecule has 0 bridgehead atoms. The first-order valence-electron chi connectivity index (χ1n) is 10.8. The Kier molecular flexibility index (Phi) is 5.86. The number of aliphatic hydroxyl groups is 5. The standard InChI is InChI=1S/C24H25N3O7/c28-13-19-21(29)22(30)24(32,23(31)33-19)34-18-5-3-4-17-20(18)27(14-25-17)12-15-6-8-16(9-7-15)26-10-1-2-11-26/h1-11,14,19,21-23,28-32H,12-13H2/t19-,21-,22+,23+,24+/m0/s1. The molecule has 3 heterocycles. The first kappa shape index (κ1) is 22.5. The first-order chi connectivity index (χ1) is 16.4. The Morgan fingerprint density at radius 3 is 2.44 bits per heavy atom. The quantitative estimate of drug-likeness (QED) is 0.256. The number of benzene rings is 2. The Morgan fingerprint density at radius 1 is 1.00 bits per heavy atom. The smallest absolute Gasteiger partial charge is 0.288 e. The Labute approximate surface area is 194 Å². The fourth-order valence-corrected chi connectivity index (χ4v) is 4.15. The number of rotatable bonds is 6. The summed E-state index contributed by atoms with van der Waals surface area (Å²) in [5.41, 5.74) is 3.10. The molecule has 5 N–H and O–H groups in total. The van der Waals surface area contributed by atoms with Crippen LogP contribution in [0.4, 0.5) is 0 Å². The van der Waals surface area contributed by atoms with Crippen molar-refractivity contribution in [3.05, 3.63) is 78.9 Å². The lowest BCUT2D eigenvalue weighted by molar-refractivity contribution is -0.385. The molecule has 5 atom stereocenters. The maximum atomic E-state index is 10.9. The van der Waals surface area contributed by atoms with Gasteiger partial charge < -0.3 is 44.1 Å². The van der Waals surface area contributed by atoms with E-state index in [0.29, 0.717) is 17.6 Å². The van der Waals surface area contributed by atoms with Gasteiger partial charge in [-0.2, -0.15) is 0 Å². The van der Waals surface area contributed by atoms with Gasteiger partial charge in [0.2, 0.25) is 6.29 Å². The van der Waals surface area contributed by atoms with Crippen molar-refractivity contribution < 1.29 is 35.0 Å². The fraction of sp³-hybridized carbons (Fsp3) is 0.292. The second kappa shape index (κ2) is 8.84. The number of hydrogen-bond donors (Lipinski definition) is 5. The zero-order valence-corrected chi connectivity index (χ0v) is 18.0. The maximum Gasteiger partial charge on any atom is 0.288 e. The van der Waals surface area contributed by atoms with Crippen LogP contribution in [0.3, 0.4) is 0 Å². The van der Waals surface area contributed by atoms with Crippen molar-refractivity contribution in [1.29, 1.82) is 0 Å². The zero-order chi connectivity index (χ0) is 23.9. The number of nitrogens with zero attached hydrogens (tertiary/aromatic N) is 3. The summed E-state index contributed by atoms with van der Waals surface area (Å²) < 4.78 is 14.6. The van der Waals surface area contributed by atoms with E-state index < -0.39 is 37.0 Å². The molecule has 1 fully saturated rings. The summed E-state index contributed by atoms with van der Waals surface area (Å²) in [5, 5.41) is 51.1. The number of ether oxygens (including phenoxy) is 2. The molecule has 10 heteroatoms. The van der Waals surface area contributed by atoms with E-state index in [1.807, 2.05) is 57.9 Å². The fourth-order valence-electron chi connectivity index (χ4n) is 4.15.